The van der Waals surface area contributed by atoms with Gasteiger partial charge in [0.25, 0.3) is 5.91 Å². The van der Waals surface area contributed by atoms with Gasteiger partial charge in [-0.1, -0.05) is 0 Å². The van der Waals surface area contributed by atoms with Crippen LogP contribution in [0.2, 0.25) is 0 Å². The maximum absolute atomic E-state index is 12.4. The lowest BCUT2D eigenvalue weighted by Gasteiger charge is -2.32. The third-order valence-corrected chi connectivity index (χ3v) is 4.58. The Morgan fingerprint density at radius 3 is 2.23 bits per heavy atom. The van der Waals surface area contributed by atoms with Gasteiger partial charge in [0, 0.05) is 19.3 Å². The molecule has 1 amide bonds. The summed E-state index contributed by atoms with van der Waals surface area (Å²) in [6, 6.07) is 3.60. The number of carbonyl (C=O) groups is 1. The van der Waals surface area contributed by atoms with Gasteiger partial charge >= 0.3 is 7.12 Å². The number of nitrogens with zero attached hydrogens (tertiary/aromatic N) is 2. The summed E-state index contributed by atoms with van der Waals surface area (Å²) in [5.41, 5.74) is 0.452. The van der Waals surface area contributed by atoms with Crippen molar-refractivity contribution in [3.05, 3.63) is 24.0 Å². The molecule has 0 spiro atoms. The molecule has 1 fully saturated rings. The average Bonchev–Trinajstić information content (AvgIpc) is 2.69. The van der Waals surface area contributed by atoms with Gasteiger partial charge in [-0.15, -0.1) is 0 Å². The fourth-order valence-electron chi connectivity index (χ4n) is 2.36. The largest absolute Gasteiger partial charge is 0.494 e. The molecule has 2 heterocycles. The Bertz CT molecular complexity index is 540. The molecule has 1 aromatic rings. The second kappa shape index (κ2) is 6.01. The number of pyridine rings is 1. The maximum Gasteiger partial charge on any atom is 0.494 e. The van der Waals surface area contributed by atoms with E-state index in [0.717, 1.165) is 5.46 Å². The highest BCUT2D eigenvalue weighted by Crippen LogP contribution is 2.36. The third-order valence-electron chi connectivity index (χ3n) is 4.58. The number of carbonyl (C=O) groups excluding carboxylic acids is 1. The lowest BCUT2D eigenvalue weighted by Crippen LogP contribution is -2.41. The van der Waals surface area contributed by atoms with Gasteiger partial charge in [0.2, 0.25) is 0 Å². The van der Waals surface area contributed by atoms with Crippen molar-refractivity contribution < 1.29 is 14.1 Å². The number of rotatable bonds is 4. The molecule has 0 saturated carbocycles. The molecule has 0 atom stereocenters. The van der Waals surface area contributed by atoms with Crippen molar-refractivity contribution in [3.8, 4) is 0 Å². The molecule has 0 bridgehead atoms. The zero-order valence-corrected chi connectivity index (χ0v) is 14.3. The highest BCUT2D eigenvalue weighted by atomic mass is 16.7. The van der Waals surface area contributed by atoms with Gasteiger partial charge in [-0.25, -0.2) is 0 Å². The summed E-state index contributed by atoms with van der Waals surface area (Å²) in [7, 11) is -0.476. The van der Waals surface area contributed by atoms with Crippen LogP contribution in [-0.2, 0) is 9.31 Å². The lowest BCUT2D eigenvalue weighted by molar-refractivity contribution is 0.00578. The van der Waals surface area contributed by atoms with E-state index in [2.05, 4.69) is 4.98 Å². The normalized spacial score (nSPS) is 19.3. The van der Waals surface area contributed by atoms with Crippen molar-refractivity contribution in [1.82, 2.24) is 9.88 Å². The van der Waals surface area contributed by atoms with E-state index >= 15 is 0 Å². The van der Waals surface area contributed by atoms with Gasteiger partial charge in [0.1, 0.15) is 5.69 Å². The molecule has 0 radical (unpaired) electrons. The molecule has 0 aromatic carbocycles. The van der Waals surface area contributed by atoms with E-state index in [1.54, 1.807) is 17.2 Å². The van der Waals surface area contributed by atoms with Crippen LogP contribution in [0.15, 0.2) is 18.3 Å². The van der Waals surface area contributed by atoms with Crippen LogP contribution in [0.3, 0.4) is 0 Å². The quantitative estimate of drug-likeness (QED) is 0.797. The maximum atomic E-state index is 12.4. The first-order chi connectivity index (χ1) is 10.2. The van der Waals surface area contributed by atoms with Crippen molar-refractivity contribution in [1.29, 1.82) is 0 Å². The molecule has 22 heavy (non-hydrogen) atoms. The highest BCUT2D eigenvalue weighted by molar-refractivity contribution is 6.62. The molecule has 5 nitrogen and oxygen atoms in total. The van der Waals surface area contributed by atoms with Crippen LogP contribution in [0.4, 0.5) is 0 Å². The van der Waals surface area contributed by atoms with Gasteiger partial charge in [0.05, 0.1) is 11.2 Å². The number of amides is 1. The van der Waals surface area contributed by atoms with E-state index in [-0.39, 0.29) is 5.91 Å². The third kappa shape index (κ3) is 3.03. The molecule has 6 heteroatoms. The Labute approximate surface area is 133 Å². The van der Waals surface area contributed by atoms with E-state index in [1.165, 1.54) is 0 Å². The molecule has 2 rings (SSSR count). The van der Waals surface area contributed by atoms with Crippen molar-refractivity contribution in [2.24, 2.45) is 0 Å². The number of aromatic nitrogens is 1. The molecule has 120 valence electrons. The summed E-state index contributed by atoms with van der Waals surface area (Å²) in [6.45, 7) is 13.3. The zero-order valence-electron chi connectivity index (χ0n) is 14.3. The van der Waals surface area contributed by atoms with E-state index in [9.17, 15) is 4.79 Å². The molecule has 1 aliphatic heterocycles. The monoisotopic (exact) mass is 304 g/mol. The summed E-state index contributed by atoms with van der Waals surface area (Å²) < 4.78 is 12.0. The summed E-state index contributed by atoms with van der Waals surface area (Å²) in [5, 5.41) is 0. The predicted octanol–water partition coefficient (Wildman–Crippen LogP) is 1.86. The van der Waals surface area contributed by atoms with Crippen LogP contribution in [0.25, 0.3) is 0 Å². The molecule has 0 N–H and O–H groups in total. The van der Waals surface area contributed by atoms with Crippen LogP contribution in [0.5, 0.6) is 0 Å². The number of hydrogen-bond donors (Lipinski definition) is 0. The second-order valence-corrected chi connectivity index (χ2v) is 6.54. The minimum Gasteiger partial charge on any atom is -0.399 e. The van der Waals surface area contributed by atoms with Gasteiger partial charge in [-0.3, -0.25) is 9.78 Å². The minimum absolute atomic E-state index is 0.0663. The van der Waals surface area contributed by atoms with Gasteiger partial charge in [-0.2, -0.15) is 0 Å². The second-order valence-electron chi connectivity index (χ2n) is 6.54. The van der Waals surface area contributed by atoms with Gasteiger partial charge in [0.15, 0.2) is 0 Å². The molecule has 1 saturated heterocycles. The van der Waals surface area contributed by atoms with Crippen LogP contribution < -0.4 is 5.46 Å². The first-order valence-corrected chi connectivity index (χ1v) is 7.82. The Balaban J connectivity index is 2.25. The summed E-state index contributed by atoms with van der Waals surface area (Å²) in [4.78, 5) is 18.4. The van der Waals surface area contributed by atoms with Gasteiger partial charge in [-0.05, 0) is 59.1 Å². The van der Waals surface area contributed by atoms with Crippen molar-refractivity contribution in [2.45, 2.75) is 52.7 Å². The number of hydrogen-bond acceptors (Lipinski definition) is 4. The summed E-state index contributed by atoms with van der Waals surface area (Å²) >= 11 is 0. The zero-order chi connectivity index (χ0) is 16.5. The summed E-state index contributed by atoms with van der Waals surface area (Å²) in [5.74, 6) is -0.0663. The average molecular weight is 304 g/mol. The molecule has 1 aliphatic rings. The standard InChI is InChI=1S/C16H25BN2O3/c1-7-19(8-2)14(20)13-11-12(9-10-18-13)17-21-15(3,4)16(5,6)22-17/h9-11H,7-8H2,1-6H3. The topological polar surface area (TPSA) is 51.7 Å². The Kier molecular flexibility index (Phi) is 4.63. The predicted molar refractivity (Wildman–Crippen MR) is 87.2 cm³/mol. The first-order valence-electron chi connectivity index (χ1n) is 7.82. The first kappa shape index (κ1) is 17.0. The van der Waals surface area contributed by atoms with Crippen LogP contribution in [0, 0.1) is 0 Å². The van der Waals surface area contributed by atoms with Crippen molar-refractivity contribution in [2.75, 3.05) is 13.1 Å². The van der Waals surface area contributed by atoms with Crippen molar-refractivity contribution >= 4 is 18.5 Å². The van der Waals surface area contributed by atoms with E-state index in [1.807, 2.05) is 47.6 Å². The minimum atomic E-state index is -0.476. The molecule has 0 unspecified atom stereocenters. The fourth-order valence-corrected chi connectivity index (χ4v) is 2.36. The van der Waals surface area contributed by atoms with E-state index in [0.29, 0.717) is 18.8 Å². The SMILES string of the molecule is CCN(CC)C(=O)c1cc(B2OC(C)(C)C(C)(C)O2)ccn1. The fraction of sp³-hybridized carbons (Fsp3) is 0.625. The van der Waals surface area contributed by atoms with Crippen LogP contribution in [-0.4, -0.2) is 47.2 Å². The Morgan fingerprint density at radius 1 is 1.18 bits per heavy atom. The Hall–Kier alpha value is -1.40. The molecular weight excluding hydrogens is 279 g/mol. The Morgan fingerprint density at radius 2 is 1.73 bits per heavy atom. The van der Waals surface area contributed by atoms with Crippen LogP contribution in [0.1, 0.15) is 52.0 Å². The molecular formula is C16H25BN2O3. The van der Waals surface area contributed by atoms with Crippen molar-refractivity contribution in [3.63, 3.8) is 0 Å². The highest BCUT2D eigenvalue weighted by Gasteiger charge is 2.51. The summed E-state index contributed by atoms with van der Waals surface area (Å²) in [6.07, 6.45) is 1.64. The molecule has 0 aliphatic carbocycles. The smallest absolute Gasteiger partial charge is 0.399 e. The lowest BCUT2D eigenvalue weighted by atomic mass is 9.79. The van der Waals surface area contributed by atoms with Gasteiger partial charge < -0.3 is 14.2 Å². The van der Waals surface area contributed by atoms with Crippen LogP contribution >= 0.6 is 0 Å². The van der Waals surface area contributed by atoms with E-state index in [4.69, 9.17) is 9.31 Å². The van der Waals surface area contributed by atoms with E-state index < -0.39 is 18.3 Å². The molecule has 1 aromatic heterocycles.